The van der Waals surface area contributed by atoms with Crippen LogP contribution in [0.2, 0.25) is 0 Å². The molecule has 1 atom stereocenters. The monoisotopic (exact) mass is 289 g/mol. The molecule has 0 radical (unpaired) electrons. The number of benzene rings is 1. The normalized spacial score (nSPS) is 13.3. The van der Waals surface area contributed by atoms with Crippen molar-refractivity contribution in [1.29, 1.82) is 0 Å². The Morgan fingerprint density at radius 3 is 2.58 bits per heavy atom. The lowest BCUT2D eigenvalue weighted by molar-refractivity contribution is 0.409. The quantitative estimate of drug-likeness (QED) is 0.833. The van der Waals surface area contributed by atoms with Crippen molar-refractivity contribution in [3.63, 3.8) is 0 Å². The summed E-state index contributed by atoms with van der Waals surface area (Å²) in [6, 6.07) is 4.48. The van der Waals surface area contributed by atoms with Crippen molar-refractivity contribution in [2.45, 2.75) is 18.9 Å². The van der Waals surface area contributed by atoms with Crippen molar-refractivity contribution >= 4 is 9.84 Å². The zero-order chi connectivity index (χ0) is 14.5. The van der Waals surface area contributed by atoms with Crippen LogP contribution in [0.4, 0.5) is 4.39 Å². The van der Waals surface area contributed by atoms with Gasteiger partial charge in [0, 0.05) is 29.7 Å². The van der Waals surface area contributed by atoms with E-state index in [-0.39, 0.29) is 17.6 Å². The molecule has 4 nitrogen and oxygen atoms in total. The Hall–Kier alpha value is -1.14. The highest BCUT2D eigenvalue weighted by atomic mass is 32.2. The number of ether oxygens (including phenoxy) is 1. The molecule has 108 valence electrons. The topological polar surface area (TPSA) is 55.4 Å². The molecule has 1 N–H and O–H groups in total. The third kappa shape index (κ3) is 5.16. The van der Waals surface area contributed by atoms with Gasteiger partial charge < -0.3 is 10.1 Å². The summed E-state index contributed by atoms with van der Waals surface area (Å²) in [5.41, 5.74) is 0.525. The molecule has 0 spiro atoms. The van der Waals surface area contributed by atoms with Crippen LogP contribution in [0.3, 0.4) is 0 Å². The summed E-state index contributed by atoms with van der Waals surface area (Å²) in [5.74, 6) is 0.230. The van der Waals surface area contributed by atoms with Gasteiger partial charge in [-0.2, -0.15) is 0 Å². The fourth-order valence-corrected chi connectivity index (χ4v) is 2.61. The lowest BCUT2D eigenvalue weighted by atomic mass is 10.0. The van der Waals surface area contributed by atoms with Gasteiger partial charge in [-0.25, -0.2) is 12.8 Å². The molecule has 0 aromatic heterocycles. The van der Waals surface area contributed by atoms with Crippen molar-refractivity contribution in [2.75, 3.05) is 26.2 Å². The first-order chi connectivity index (χ1) is 8.87. The number of rotatable bonds is 7. The Morgan fingerprint density at radius 1 is 1.42 bits per heavy atom. The Morgan fingerprint density at radius 2 is 2.11 bits per heavy atom. The van der Waals surface area contributed by atoms with Gasteiger partial charge >= 0.3 is 0 Å². The van der Waals surface area contributed by atoms with Crippen molar-refractivity contribution in [3.8, 4) is 5.75 Å². The number of hydrogen-bond acceptors (Lipinski definition) is 4. The molecule has 0 amide bonds. The number of halogens is 1. The van der Waals surface area contributed by atoms with E-state index in [2.05, 4.69) is 5.32 Å². The largest absolute Gasteiger partial charge is 0.497 e. The van der Waals surface area contributed by atoms with Crippen LogP contribution >= 0.6 is 0 Å². The summed E-state index contributed by atoms with van der Waals surface area (Å²) >= 11 is 0. The Bertz CT molecular complexity index is 517. The zero-order valence-electron chi connectivity index (χ0n) is 11.4. The van der Waals surface area contributed by atoms with E-state index in [9.17, 15) is 12.8 Å². The molecule has 0 aliphatic rings. The van der Waals surface area contributed by atoms with Gasteiger partial charge in [-0.15, -0.1) is 0 Å². The molecule has 1 aromatic carbocycles. The molecule has 0 saturated heterocycles. The van der Waals surface area contributed by atoms with E-state index >= 15 is 0 Å². The first kappa shape index (κ1) is 15.9. The third-order valence-electron chi connectivity index (χ3n) is 2.94. The minimum atomic E-state index is -2.97. The summed E-state index contributed by atoms with van der Waals surface area (Å²) in [5, 5.41) is 3.01. The molecule has 0 bridgehead atoms. The van der Waals surface area contributed by atoms with Gasteiger partial charge in [-0.05, 0) is 26.0 Å². The number of methoxy groups -OCH3 is 1. The molecule has 1 rings (SSSR count). The van der Waals surface area contributed by atoms with E-state index in [4.69, 9.17) is 4.74 Å². The Kier molecular flexibility index (Phi) is 5.75. The maximum Gasteiger partial charge on any atom is 0.147 e. The van der Waals surface area contributed by atoms with Gasteiger partial charge in [0.1, 0.15) is 21.4 Å². The molecule has 1 unspecified atom stereocenters. The van der Waals surface area contributed by atoms with Crippen molar-refractivity contribution < 1.29 is 17.5 Å². The van der Waals surface area contributed by atoms with Crippen molar-refractivity contribution in [1.82, 2.24) is 5.32 Å². The minimum absolute atomic E-state index is 0.114. The minimum Gasteiger partial charge on any atom is -0.497 e. The van der Waals surface area contributed by atoms with Crippen LogP contribution in [0.25, 0.3) is 0 Å². The molecule has 6 heteroatoms. The zero-order valence-corrected chi connectivity index (χ0v) is 12.3. The molecular formula is C13H20FNO3S. The predicted octanol–water partition coefficient (Wildman–Crippen LogP) is 1.92. The van der Waals surface area contributed by atoms with E-state index in [0.717, 1.165) is 0 Å². The van der Waals surface area contributed by atoms with Crippen LogP contribution < -0.4 is 10.1 Å². The van der Waals surface area contributed by atoms with Crippen LogP contribution in [-0.4, -0.2) is 34.6 Å². The predicted molar refractivity (Wildman–Crippen MR) is 73.7 cm³/mol. The summed E-state index contributed by atoms with van der Waals surface area (Å²) in [6.45, 7) is 0. The van der Waals surface area contributed by atoms with E-state index in [0.29, 0.717) is 24.2 Å². The molecule has 0 aliphatic carbocycles. The highest BCUT2D eigenvalue weighted by Gasteiger charge is 2.15. The van der Waals surface area contributed by atoms with Gasteiger partial charge in [-0.3, -0.25) is 0 Å². The lowest BCUT2D eigenvalue weighted by Gasteiger charge is -2.17. The molecule has 0 aliphatic heterocycles. The summed E-state index contributed by atoms with van der Waals surface area (Å²) in [6.07, 6.45) is 2.26. The summed E-state index contributed by atoms with van der Waals surface area (Å²) in [4.78, 5) is 0. The van der Waals surface area contributed by atoms with E-state index in [1.807, 2.05) is 0 Å². The van der Waals surface area contributed by atoms with Crippen LogP contribution in [0, 0.1) is 5.82 Å². The molecular weight excluding hydrogens is 269 g/mol. The molecule has 0 heterocycles. The second kappa shape index (κ2) is 6.86. The molecule has 1 aromatic rings. The SMILES string of the molecule is CNC(CCCS(C)(=O)=O)c1ccc(OC)cc1F. The fourth-order valence-electron chi connectivity index (χ4n) is 1.92. The van der Waals surface area contributed by atoms with Crippen LogP contribution in [0.1, 0.15) is 24.4 Å². The number of sulfone groups is 1. The van der Waals surface area contributed by atoms with E-state index in [1.165, 1.54) is 19.4 Å². The first-order valence-electron chi connectivity index (χ1n) is 6.06. The van der Waals surface area contributed by atoms with Crippen LogP contribution in [-0.2, 0) is 9.84 Å². The Labute approximate surface area is 113 Å². The summed E-state index contributed by atoms with van der Waals surface area (Å²) < 4.78 is 41.0. The van der Waals surface area contributed by atoms with Crippen LogP contribution in [0.5, 0.6) is 5.75 Å². The van der Waals surface area contributed by atoms with Crippen molar-refractivity contribution in [3.05, 3.63) is 29.6 Å². The highest BCUT2D eigenvalue weighted by Crippen LogP contribution is 2.24. The highest BCUT2D eigenvalue weighted by molar-refractivity contribution is 7.90. The van der Waals surface area contributed by atoms with E-state index in [1.54, 1.807) is 19.2 Å². The molecule has 19 heavy (non-hydrogen) atoms. The van der Waals surface area contributed by atoms with Gasteiger partial charge in [0.2, 0.25) is 0 Å². The maximum atomic E-state index is 13.9. The Balaban J connectivity index is 2.74. The van der Waals surface area contributed by atoms with Crippen molar-refractivity contribution in [2.24, 2.45) is 0 Å². The first-order valence-corrected chi connectivity index (χ1v) is 8.12. The standard InChI is InChI=1S/C13H20FNO3S/c1-15-13(5-4-8-19(3,16)17)11-7-6-10(18-2)9-12(11)14/h6-7,9,13,15H,4-5,8H2,1-3H3. The lowest BCUT2D eigenvalue weighted by Crippen LogP contribution is -2.19. The van der Waals surface area contributed by atoms with Gasteiger partial charge in [-0.1, -0.05) is 6.07 Å². The van der Waals surface area contributed by atoms with Gasteiger partial charge in [0.25, 0.3) is 0 Å². The van der Waals surface area contributed by atoms with Gasteiger partial charge in [0.05, 0.1) is 7.11 Å². The average molecular weight is 289 g/mol. The second-order valence-electron chi connectivity index (χ2n) is 4.50. The number of nitrogens with one attached hydrogen (secondary N) is 1. The van der Waals surface area contributed by atoms with Crippen LogP contribution in [0.15, 0.2) is 18.2 Å². The van der Waals surface area contributed by atoms with E-state index < -0.39 is 9.84 Å². The fraction of sp³-hybridized carbons (Fsp3) is 0.538. The second-order valence-corrected chi connectivity index (χ2v) is 6.76. The molecule has 0 fully saturated rings. The number of hydrogen-bond donors (Lipinski definition) is 1. The third-order valence-corrected chi connectivity index (χ3v) is 3.97. The maximum absolute atomic E-state index is 13.9. The molecule has 0 saturated carbocycles. The summed E-state index contributed by atoms with van der Waals surface area (Å²) in [7, 11) is 0.241. The average Bonchev–Trinajstić information content (AvgIpc) is 2.34. The van der Waals surface area contributed by atoms with Gasteiger partial charge in [0.15, 0.2) is 0 Å². The smallest absolute Gasteiger partial charge is 0.147 e.